The average Bonchev–Trinajstić information content (AvgIpc) is 2.61. The third-order valence-corrected chi connectivity index (χ3v) is 3.55. The number of benzene rings is 2. The molecule has 0 N–H and O–H groups in total. The first kappa shape index (κ1) is 15.0. The van der Waals surface area contributed by atoms with E-state index < -0.39 is 0 Å². The summed E-state index contributed by atoms with van der Waals surface area (Å²) in [6.45, 7) is 2.03. The van der Waals surface area contributed by atoms with Crippen LogP contribution in [-0.2, 0) is 6.61 Å². The molecule has 3 nitrogen and oxygen atoms in total. The summed E-state index contributed by atoms with van der Waals surface area (Å²) in [6.07, 6.45) is 3.59. The van der Waals surface area contributed by atoms with Crippen molar-refractivity contribution in [2.75, 3.05) is 0 Å². The van der Waals surface area contributed by atoms with Crippen LogP contribution in [0.4, 0.5) is 0 Å². The molecular formula is C20H17NO2. The predicted octanol–water partition coefficient (Wildman–Crippen LogP) is 4.53. The molecule has 0 aliphatic carbocycles. The van der Waals surface area contributed by atoms with Gasteiger partial charge in [0, 0.05) is 29.1 Å². The predicted molar refractivity (Wildman–Crippen MR) is 90.5 cm³/mol. The van der Waals surface area contributed by atoms with Crippen LogP contribution in [-0.4, -0.2) is 10.8 Å². The van der Waals surface area contributed by atoms with Crippen molar-refractivity contribution in [1.29, 1.82) is 0 Å². The number of carbonyl (C=O) groups is 1. The SMILES string of the molecule is CC(=O)c1cccc(-c2cncc(COc3ccccc3)c2)c1. The highest BCUT2D eigenvalue weighted by Crippen LogP contribution is 2.21. The minimum Gasteiger partial charge on any atom is -0.489 e. The number of hydrogen-bond acceptors (Lipinski definition) is 3. The van der Waals surface area contributed by atoms with Gasteiger partial charge in [-0.3, -0.25) is 9.78 Å². The lowest BCUT2D eigenvalue weighted by molar-refractivity contribution is 0.101. The first-order valence-electron chi connectivity index (χ1n) is 7.45. The maximum atomic E-state index is 11.5. The van der Waals surface area contributed by atoms with Crippen LogP contribution in [0.2, 0.25) is 0 Å². The summed E-state index contributed by atoms with van der Waals surface area (Å²) in [5.41, 5.74) is 3.64. The van der Waals surface area contributed by atoms with E-state index in [1.807, 2.05) is 60.7 Å². The zero-order valence-electron chi connectivity index (χ0n) is 12.9. The molecule has 1 aromatic heterocycles. The zero-order valence-corrected chi connectivity index (χ0v) is 12.9. The highest BCUT2D eigenvalue weighted by atomic mass is 16.5. The minimum atomic E-state index is 0.0587. The monoisotopic (exact) mass is 303 g/mol. The number of carbonyl (C=O) groups excluding carboxylic acids is 1. The Bertz CT molecular complexity index is 813. The number of nitrogens with zero attached hydrogens (tertiary/aromatic N) is 1. The number of ketones is 1. The molecule has 1 heterocycles. The second kappa shape index (κ2) is 6.88. The van der Waals surface area contributed by atoms with Crippen LogP contribution >= 0.6 is 0 Å². The van der Waals surface area contributed by atoms with Crippen LogP contribution < -0.4 is 4.74 Å². The van der Waals surface area contributed by atoms with Gasteiger partial charge in [0.05, 0.1) is 0 Å². The van der Waals surface area contributed by atoms with Crippen molar-refractivity contribution in [3.63, 3.8) is 0 Å². The topological polar surface area (TPSA) is 39.2 Å². The summed E-state index contributed by atoms with van der Waals surface area (Å²) < 4.78 is 5.75. The molecule has 0 fully saturated rings. The van der Waals surface area contributed by atoms with Gasteiger partial charge in [-0.05, 0) is 36.8 Å². The molecule has 0 bridgehead atoms. The Labute approximate surface area is 135 Å². The third-order valence-electron chi connectivity index (χ3n) is 3.55. The highest BCUT2D eigenvalue weighted by Gasteiger charge is 2.04. The normalized spacial score (nSPS) is 10.3. The van der Waals surface area contributed by atoms with Gasteiger partial charge in [-0.2, -0.15) is 0 Å². The Hall–Kier alpha value is -2.94. The number of para-hydroxylation sites is 1. The molecule has 2 aromatic carbocycles. The molecule has 0 spiro atoms. The Balaban J connectivity index is 1.80. The van der Waals surface area contributed by atoms with Crippen LogP contribution in [0.25, 0.3) is 11.1 Å². The van der Waals surface area contributed by atoms with E-state index in [0.717, 1.165) is 22.4 Å². The van der Waals surface area contributed by atoms with Crippen LogP contribution in [0, 0.1) is 0 Å². The molecule has 23 heavy (non-hydrogen) atoms. The maximum Gasteiger partial charge on any atom is 0.159 e. The third kappa shape index (κ3) is 3.83. The van der Waals surface area contributed by atoms with Crippen molar-refractivity contribution in [3.8, 4) is 16.9 Å². The lowest BCUT2D eigenvalue weighted by Crippen LogP contribution is -1.97. The smallest absolute Gasteiger partial charge is 0.159 e. The van der Waals surface area contributed by atoms with E-state index in [9.17, 15) is 4.79 Å². The molecule has 3 heteroatoms. The van der Waals surface area contributed by atoms with Crippen LogP contribution in [0.5, 0.6) is 5.75 Å². The van der Waals surface area contributed by atoms with E-state index in [0.29, 0.717) is 12.2 Å². The van der Waals surface area contributed by atoms with E-state index in [1.165, 1.54) is 0 Å². The second-order valence-corrected chi connectivity index (χ2v) is 5.32. The van der Waals surface area contributed by atoms with Gasteiger partial charge in [0.2, 0.25) is 0 Å². The average molecular weight is 303 g/mol. The molecule has 3 aromatic rings. The van der Waals surface area contributed by atoms with Crippen molar-refractivity contribution in [2.24, 2.45) is 0 Å². The van der Waals surface area contributed by atoms with Crippen molar-refractivity contribution >= 4 is 5.78 Å². The van der Waals surface area contributed by atoms with E-state index >= 15 is 0 Å². The molecule has 0 unspecified atom stereocenters. The van der Waals surface area contributed by atoms with Gasteiger partial charge >= 0.3 is 0 Å². The number of ether oxygens (including phenoxy) is 1. The Morgan fingerprint density at radius 2 is 1.78 bits per heavy atom. The fourth-order valence-corrected chi connectivity index (χ4v) is 2.33. The van der Waals surface area contributed by atoms with E-state index in [1.54, 1.807) is 19.3 Å². The van der Waals surface area contributed by atoms with E-state index in [2.05, 4.69) is 4.98 Å². The van der Waals surface area contributed by atoms with Crippen LogP contribution in [0.3, 0.4) is 0 Å². The number of aromatic nitrogens is 1. The van der Waals surface area contributed by atoms with Crippen molar-refractivity contribution in [3.05, 3.63) is 84.2 Å². The van der Waals surface area contributed by atoms with Gasteiger partial charge in [-0.15, -0.1) is 0 Å². The zero-order chi connectivity index (χ0) is 16.1. The van der Waals surface area contributed by atoms with Gasteiger partial charge in [0.25, 0.3) is 0 Å². The first-order chi connectivity index (χ1) is 11.2. The van der Waals surface area contributed by atoms with Gasteiger partial charge in [0.15, 0.2) is 5.78 Å². The number of rotatable bonds is 5. The fourth-order valence-electron chi connectivity index (χ4n) is 2.33. The van der Waals surface area contributed by atoms with Gasteiger partial charge < -0.3 is 4.74 Å². The van der Waals surface area contributed by atoms with Gasteiger partial charge in [0.1, 0.15) is 12.4 Å². The van der Waals surface area contributed by atoms with Gasteiger partial charge in [-0.1, -0.05) is 36.4 Å². The van der Waals surface area contributed by atoms with Crippen LogP contribution in [0.15, 0.2) is 73.1 Å². The lowest BCUT2D eigenvalue weighted by Gasteiger charge is -2.08. The van der Waals surface area contributed by atoms with Crippen molar-refractivity contribution in [1.82, 2.24) is 4.98 Å². The summed E-state index contributed by atoms with van der Waals surface area (Å²) in [5, 5.41) is 0. The summed E-state index contributed by atoms with van der Waals surface area (Å²) in [7, 11) is 0. The first-order valence-corrected chi connectivity index (χ1v) is 7.45. The fraction of sp³-hybridized carbons (Fsp3) is 0.100. The number of hydrogen-bond donors (Lipinski definition) is 0. The number of Topliss-reactive ketones (excluding diaryl/α,β-unsaturated/α-hetero) is 1. The maximum absolute atomic E-state index is 11.5. The van der Waals surface area contributed by atoms with Crippen LogP contribution in [0.1, 0.15) is 22.8 Å². The molecule has 0 aliphatic heterocycles. The Morgan fingerprint density at radius 1 is 0.957 bits per heavy atom. The van der Waals surface area contributed by atoms with Crippen molar-refractivity contribution in [2.45, 2.75) is 13.5 Å². The molecule has 3 rings (SSSR count). The number of pyridine rings is 1. The molecule has 0 aliphatic rings. The summed E-state index contributed by atoms with van der Waals surface area (Å²) in [4.78, 5) is 15.8. The highest BCUT2D eigenvalue weighted by molar-refractivity contribution is 5.95. The minimum absolute atomic E-state index is 0.0587. The lowest BCUT2D eigenvalue weighted by atomic mass is 10.0. The van der Waals surface area contributed by atoms with Crippen molar-refractivity contribution < 1.29 is 9.53 Å². The molecule has 114 valence electrons. The second-order valence-electron chi connectivity index (χ2n) is 5.32. The molecule has 0 saturated heterocycles. The molecule has 0 radical (unpaired) electrons. The molecular weight excluding hydrogens is 286 g/mol. The molecule has 0 amide bonds. The Kier molecular flexibility index (Phi) is 4.48. The van der Waals surface area contributed by atoms with Gasteiger partial charge in [-0.25, -0.2) is 0 Å². The summed E-state index contributed by atoms with van der Waals surface area (Å²) in [5.74, 6) is 0.889. The summed E-state index contributed by atoms with van der Waals surface area (Å²) >= 11 is 0. The van der Waals surface area contributed by atoms with E-state index in [4.69, 9.17) is 4.74 Å². The summed E-state index contributed by atoms with van der Waals surface area (Å²) in [6, 6.07) is 19.3. The Morgan fingerprint density at radius 3 is 2.57 bits per heavy atom. The standard InChI is InChI=1S/C20H17NO2/c1-15(22)17-6-5-7-18(11-17)19-10-16(12-21-13-19)14-23-20-8-3-2-4-9-20/h2-13H,14H2,1H3. The van der Waals surface area contributed by atoms with E-state index in [-0.39, 0.29) is 5.78 Å². The largest absolute Gasteiger partial charge is 0.489 e. The molecule has 0 saturated carbocycles. The quantitative estimate of drug-likeness (QED) is 0.650. The molecule has 0 atom stereocenters.